The van der Waals surface area contributed by atoms with Gasteiger partial charge in [0, 0.05) is 19.2 Å². The van der Waals surface area contributed by atoms with Crippen molar-refractivity contribution in [2.75, 3.05) is 14.2 Å². The lowest BCUT2D eigenvalue weighted by Crippen LogP contribution is -2.43. The average molecular weight is 391 g/mol. The van der Waals surface area contributed by atoms with Crippen molar-refractivity contribution in [3.05, 3.63) is 58.6 Å². The largest absolute Gasteiger partial charge is 0.493 e. The van der Waals surface area contributed by atoms with E-state index in [0.717, 1.165) is 10.5 Å². The highest BCUT2D eigenvalue weighted by Crippen LogP contribution is 2.34. The minimum atomic E-state index is -0.537. The Labute approximate surface area is 164 Å². The molecule has 0 saturated heterocycles. The topological polar surface area (TPSA) is 67.9 Å². The SMILES string of the molecule is COc1cc(Cl)c(C(=O)N(C)C(=O)NC(C)C)cc1OCc1ccccc1. The van der Waals surface area contributed by atoms with Crippen molar-refractivity contribution in [1.29, 1.82) is 0 Å². The van der Waals surface area contributed by atoms with Gasteiger partial charge in [0.25, 0.3) is 5.91 Å². The normalized spacial score (nSPS) is 10.4. The van der Waals surface area contributed by atoms with Gasteiger partial charge in [-0.15, -0.1) is 0 Å². The van der Waals surface area contributed by atoms with Gasteiger partial charge < -0.3 is 14.8 Å². The zero-order chi connectivity index (χ0) is 20.0. The van der Waals surface area contributed by atoms with Crippen molar-refractivity contribution >= 4 is 23.5 Å². The number of methoxy groups -OCH3 is 1. The summed E-state index contributed by atoms with van der Waals surface area (Å²) in [6, 6.07) is 12.0. The number of nitrogens with one attached hydrogen (secondary N) is 1. The van der Waals surface area contributed by atoms with Crippen LogP contribution in [0.15, 0.2) is 42.5 Å². The number of ether oxygens (including phenoxy) is 2. The van der Waals surface area contributed by atoms with Gasteiger partial charge in [-0.3, -0.25) is 9.69 Å². The average Bonchev–Trinajstić information content (AvgIpc) is 2.65. The Balaban J connectivity index is 2.26. The van der Waals surface area contributed by atoms with Gasteiger partial charge >= 0.3 is 6.03 Å². The molecule has 1 N–H and O–H groups in total. The second-order valence-corrected chi connectivity index (χ2v) is 6.63. The lowest BCUT2D eigenvalue weighted by molar-refractivity contribution is 0.0829. The van der Waals surface area contributed by atoms with Crippen molar-refractivity contribution < 1.29 is 19.1 Å². The van der Waals surface area contributed by atoms with Gasteiger partial charge in [0.2, 0.25) is 0 Å². The minimum Gasteiger partial charge on any atom is -0.493 e. The first-order chi connectivity index (χ1) is 12.8. The van der Waals surface area contributed by atoms with E-state index in [1.165, 1.54) is 26.3 Å². The van der Waals surface area contributed by atoms with Gasteiger partial charge in [-0.05, 0) is 25.5 Å². The van der Waals surface area contributed by atoms with E-state index in [1.807, 2.05) is 44.2 Å². The molecule has 0 spiro atoms. The van der Waals surface area contributed by atoms with E-state index in [9.17, 15) is 9.59 Å². The highest BCUT2D eigenvalue weighted by molar-refractivity contribution is 6.34. The molecular formula is C20H23ClN2O4. The van der Waals surface area contributed by atoms with Crippen LogP contribution in [0.3, 0.4) is 0 Å². The Morgan fingerprint density at radius 2 is 1.81 bits per heavy atom. The number of rotatable bonds is 6. The van der Waals surface area contributed by atoms with E-state index in [4.69, 9.17) is 21.1 Å². The predicted octanol–water partition coefficient (Wildman–Crippen LogP) is 4.12. The maximum absolute atomic E-state index is 12.7. The van der Waals surface area contributed by atoms with E-state index in [2.05, 4.69) is 5.32 Å². The number of nitrogens with zero attached hydrogens (tertiary/aromatic N) is 1. The smallest absolute Gasteiger partial charge is 0.324 e. The molecule has 27 heavy (non-hydrogen) atoms. The van der Waals surface area contributed by atoms with Crippen molar-refractivity contribution in [2.45, 2.75) is 26.5 Å². The van der Waals surface area contributed by atoms with Gasteiger partial charge in [-0.25, -0.2) is 4.79 Å². The molecular weight excluding hydrogens is 368 g/mol. The molecule has 0 aliphatic rings. The number of hydrogen-bond acceptors (Lipinski definition) is 4. The number of urea groups is 1. The number of imide groups is 1. The third kappa shape index (κ3) is 5.37. The van der Waals surface area contributed by atoms with Crippen LogP contribution in [0.4, 0.5) is 4.79 Å². The molecule has 144 valence electrons. The first-order valence-electron chi connectivity index (χ1n) is 8.46. The quantitative estimate of drug-likeness (QED) is 0.805. The monoisotopic (exact) mass is 390 g/mol. The summed E-state index contributed by atoms with van der Waals surface area (Å²) in [5.41, 5.74) is 1.12. The van der Waals surface area contributed by atoms with Crippen molar-refractivity contribution in [3.8, 4) is 11.5 Å². The summed E-state index contributed by atoms with van der Waals surface area (Å²) in [5.74, 6) is 0.235. The van der Waals surface area contributed by atoms with Gasteiger partial charge in [0.1, 0.15) is 6.61 Å². The summed E-state index contributed by atoms with van der Waals surface area (Å²) in [6.07, 6.45) is 0. The maximum atomic E-state index is 12.7. The highest BCUT2D eigenvalue weighted by atomic mass is 35.5. The first kappa shape index (κ1) is 20.6. The van der Waals surface area contributed by atoms with Crippen molar-refractivity contribution in [3.63, 3.8) is 0 Å². The van der Waals surface area contributed by atoms with Crippen LogP contribution in [0.2, 0.25) is 5.02 Å². The zero-order valence-electron chi connectivity index (χ0n) is 15.8. The van der Waals surface area contributed by atoms with E-state index in [0.29, 0.717) is 18.1 Å². The second-order valence-electron chi connectivity index (χ2n) is 6.23. The summed E-state index contributed by atoms with van der Waals surface area (Å²) >= 11 is 6.23. The Morgan fingerprint density at radius 3 is 2.41 bits per heavy atom. The molecule has 0 fully saturated rings. The summed E-state index contributed by atoms with van der Waals surface area (Å²) in [6.45, 7) is 3.92. The molecule has 0 heterocycles. The fraction of sp³-hybridized carbons (Fsp3) is 0.300. The van der Waals surface area contributed by atoms with Gasteiger partial charge in [0.05, 0.1) is 17.7 Å². The standard InChI is InChI=1S/C20H23ClN2O4/c1-13(2)22-20(25)23(3)19(24)15-10-18(17(26-4)11-16(15)21)27-12-14-8-6-5-7-9-14/h5-11,13H,12H2,1-4H3,(H,22,25). The molecule has 0 aliphatic carbocycles. The number of amides is 3. The van der Waals surface area contributed by atoms with Crippen molar-refractivity contribution in [1.82, 2.24) is 10.2 Å². The molecule has 0 aromatic heterocycles. The van der Waals surface area contributed by atoms with Crippen LogP contribution >= 0.6 is 11.6 Å². The molecule has 0 radical (unpaired) electrons. The molecule has 2 aromatic carbocycles. The Morgan fingerprint density at radius 1 is 1.15 bits per heavy atom. The molecule has 7 heteroatoms. The third-order valence-corrected chi connectivity index (χ3v) is 4.06. The molecule has 3 amide bonds. The number of halogens is 1. The van der Waals surface area contributed by atoms with Gasteiger partial charge in [-0.2, -0.15) is 0 Å². The molecule has 2 rings (SSSR count). The first-order valence-corrected chi connectivity index (χ1v) is 8.84. The van der Waals surface area contributed by atoms with Crippen LogP contribution in [0, 0.1) is 0 Å². The van der Waals surface area contributed by atoms with E-state index >= 15 is 0 Å². The lowest BCUT2D eigenvalue weighted by atomic mass is 10.1. The van der Waals surface area contributed by atoms with Crippen LogP contribution in [0.1, 0.15) is 29.8 Å². The molecule has 0 aliphatic heterocycles. The Kier molecular flexibility index (Phi) is 7.07. The van der Waals surface area contributed by atoms with Gasteiger partial charge in [-0.1, -0.05) is 41.9 Å². The third-order valence-electron chi connectivity index (χ3n) is 3.74. The Bertz CT molecular complexity index is 809. The number of carbonyl (C=O) groups is 2. The van der Waals surface area contributed by atoms with Crippen LogP contribution in [-0.2, 0) is 6.61 Å². The summed E-state index contributed by atoms with van der Waals surface area (Å²) in [4.78, 5) is 25.8. The molecule has 0 atom stereocenters. The highest BCUT2D eigenvalue weighted by Gasteiger charge is 2.23. The van der Waals surface area contributed by atoms with E-state index in [1.54, 1.807) is 0 Å². The summed E-state index contributed by atoms with van der Waals surface area (Å²) in [7, 11) is 2.88. The fourth-order valence-corrected chi connectivity index (χ4v) is 2.56. The van der Waals surface area contributed by atoms with E-state index in [-0.39, 0.29) is 16.6 Å². The summed E-state index contributed by atoms with van der Waals surface area (Å²) < 4.78 is 11.1. The Hall–Kier alpha value is -2.73. The number of hydrogen-bond donors (Lipinski definition) is 1. The van der Waals surface area contributed by atoms with Crippen LogP contribution in [0.25, 0.3) is 0 Å². The second kappa shape index (κ2) is 9.28. The molecule has 0 unspecified atom stereocenters. The minimum absolute atomic E-state index is 0.0937. The maximum Gasteiger partial charge on any atom is 0.324 e. The van der Waals surface area contributed by atoms with Crippen LogP contribution in [0.5, 0.6) is 11.5 Å². The van der Waals surface area contributed by atoms with Crippen LogP contribution < -0.4 is 14.8 Å². The number of benzene rings is 2. The van der Waals surface area contributed by atoms with Crippen LogP contribution in [-0.4, -0.2) is 37.0 Å². The lowest BCUT2D eigenvalue weighted by Gasteiger charge is -2.20. The molecule has 0 bridgehead atoms. The number of carbonyl (C=O) groups excluding carboxylic acids is 2. The van der Waals surface area contributed by atoms with Gasteiger partial charge in [0.15, 0.2) is 11.5 Å². The van der Waals surface area contributed by atoms with Crippen molar-refractivity contribution in [2.24, 2.45) is 0 Å². The molecule has 2 aromatic rings. The zero-order valence-corrected chi connectivity index (χ0v) is 16.5. The van der Waals surface area contributed by atoms with E-state index < -0.39 is 11.9 Å². The predicted molar refractivity (Wildman–Crippen MR) is 105 cm³/mol. The molecule has 6 nitrogen and oxygen atoms in total. The fourth-order valence-electron chi connectivity index (χ4n) is 2.32. The summed E-state index contributed by atoms with van der Waals surface area (Å²) in [5, 5.41) is 2.84. The molecule has 0 saturated carbocycles.